The highest BCUT2D eigenvalue weighted by atomic mass is 35.5. The lowest BCUT2D eigenvalue weighted by Gasteiger charge is -2.52. The molecule has 0 radical (unpaired) electrons. The summed E-state index contributed by atoms with van der Waals surface area (Å²) in [6.45, 7) is 0.990. The molecule has 1 aromatic rings. The maximum atomic E-state index is 5.91. The molecule has 0 bridgehead atoms. The van der Waals surface area contributed by atoms with E-state index in [0.29, 0.717) is 5.41 Å². The molecule has 1 atom stereocenters. The Hall–Kier alpha value is -0.530. The predicted octanol–water partition coefficient (Wildman–Crippen LogP) is 4.54. The van der Waals surface area contributed by atoms with E-state index in [9.17, 15) is 0 Å². The van der Waals surface area contributed by atoms with Gasteiger partial charge >= 0.3 is 0 Å². The van der Waals surface area contributed by atoms with Gasteiger partial charge in [-0.05, 0) is 48.8 Å². The van der Waals surface area contributed by atoms with Crippen molar-refractivity contribution in [2.75, 3.05) is 0 Å². The lowest BCUT2D eigenvalue weighted by Crippen LogP contribution is -2.53. The van der Waals surface area contributed by atoms with E-state index in [-0.39, 0.29) is 0 Å². The van der Waals surface area contributed by atoms with Crippen molar-refractivity contribution in [2.24, 2.45) is 5.41 Å². The van der Waals surface area contributed by atoms with Crippen LogP contribution in [0.2, 0.25) is 5.02 Å². The second-order valence-corrected chi connectivity index (χ2v) is 6.46. The first-order chi connectivity index (χ1) is 8.78. The van der Waals surface area contributed by atoms with E-state index in [0.717, 1.165) is 17.6 Å². The predicted molar refractivity (Wildman–Crippen MR) is 76.8 cm³/mol. The van der Waals surface area contributed by atoms with Gasteiger partial charge in [0.25, 0.3) is 0 Å². The Bertz CT molecular complexity index is 392. The molecule has 1 unspecified atom stereocenters. The van der Waals surface area contributed by atoms with Crippen molar-refractivity contribution in [1.82, 2.24) is 5.32 Å². The normalized spacial score (nSPS) is 25.9. The van der Waals surface area contributed by atoms with Crippen LogP contribution in [-0.4, -0.2) is 6.04 Å². The third-order valence-corrected chi connectivity index (χ3v) is 5.24. The highest BCUT2D eigenvalue weighted by Gasteiger charge is 2.46. The molecule has 2 aliphatic carbocycles. The first kappa shape index (κ1) is 12.5. The molecule has 2 heteroatoms. The van der Waals surface area contributed by atoms with Gasteiger partial charge in [0, 0.05) is 17.6 Å². The molecule has 0 aromatic heterocycles. The summed E-state index contributed by atoms with van der Waals surface area (Å²) in [5.41, 5.74) is 2.00. The van der Waals surface area contributed by atoms with Crippen molar-refractivity contribution in [1.29, 1.82) is 0 Å². The van der Waals surface area contributed by atoms with Crippen LogP contribution in [0.15, 0.2) is 24.3 Å². The summed E-state index contributed by atoms with van der Waals surface area (Å²) in [5, 5.41) is 4.60. The lowest BCUT2D eigenvalue weighted by atomic mass is 9.57. The molecule has 2 saturated carbocycles. The van der Waals surface area contributed by atoms with Crippen molar-refractivity contribution in [2.45, 2.75) is 57.5 Å². The summed E-state index contributed by atoms with van der Waals surface area (Å²) in [6, 6.07) is 8.97. The van der Waals surface area contributed by atoms with Crippen LogP contribution in [0.5, 0.6) is 0 Å². The van der Waals surface area contributed by atoms with Gasteiger partial charge in [0.2, 0.25) is 0 Å². The van der Waals surface area contributed by atoms with Crippen LogP contribution in [0.1, 0.15) is 50.5 Å². The van der Waals surface area contributed by atoms with Crippen molar-refractivity contribution in [3.05, 3.63) is 34.9 Å². The Labute approximate surface area is 115 Å². The Morgan fingerprint density at radius 2 is 1.78 bits per heavy atom. The van der Waals surface area contributed by atoms with E-state index >= 15 is 0 Å². The molecule has 0 heterocycles. The molecule has 18 heavy (non-hydrogen) atoms. The summed E-state index contributed by atoms with van der Waals surface area (Å²) in [6.07, 6.45) is 10.1. The highest BCUT2D eigenvalue weighted by molar-refractivity contribution is 6.30. The molecule has 1 N–H and O–H groups in total. The van der Waals surface area contributed by atoms with E-state index in [1.165, 1.54) is 50.5 Å². The van der Waals surface area contributed by atoms with Crippen LogP contribution in [0.25, 0.3) is 0 Å². The van der Waals surface area contributed by atoms with E-state index in [4.69, 9.17) is 11.6 Å². The number of rotatable bonds is 3. The van der Waals surface area contributed by atoms with E-state index in [1.807, 2.05) is 12.1 Å². The van der Waals surface area contributed by atoms with E-state index in [2.05, 4.69) is 17.4 Å². The number of nitrogens with one attached hydrogen (secondary N) is 1. The molecule has 0 aliphatic heterocycles. The molecular formula is C16H22ClN. The van der Waals surface area contributed by atoms with Crippen LogP contribution in [-0.2, 0) is 6.54 Å². The van der Waals surface area contributed by atoms with Crippen LogP contribution in [0.4, 0.5) is 0 Å². The first-order valence-electron chi connectivity index (χ1n) is 7.26. The summed E-state index contributed by atoms with van der Waals surface area (Å²) < 4.78 is 0. The zero-order valence-electron chi connectivity index (χ0n) is 10.9. The topological polar surface area (TPSA) is 12.0 Å². The Morgan fingerprint density at radius 1 is 1.06 bits per heavy atom. The van der Waals surface area contributed by atoms with Crippen molar-refractivity contribution in [3.8, 4) is 0 Å². The molecule has 98 valence electrons. The quantitative estimate of drug-likeness (QED) is 0.844. The Kier molecular flexibility index (Phi) is 3.63. The number of halogens is 1. The van der Waals surface area contributed by atoms with Crippen LogP contribution in [0.3, 0.4) is 0 Å². The molecule has 1 spiro atoms. The zero-order valence-corrected chi connectivity index (χ0v) is 11.7. The smallest absolute Gasteiger partial charge is 0.0406 e. The average molecular weight is 264 g/mol. The van der Waals surface area contributed by atoms with E-state index in [1.54, 1.807) is 0 Å². The first-order valence-corrected chi connectivity index (χ1v) is 7.64. The third kappa shape index (κ3) is 2.44. The number of hydrogen-bond donors (Lipinski definition) is 1. The minimum atomic E-state index is 0.657. The fourth-order valence-corrected chi connectivity index (χ4v) is 3.84. The van der Waals surface area contributed by atoms with Gasteiger partial charge in [-0.25, -0.2) is 0 Å². The maximum absolute atomic E-state index is 5.91. The third-order valence-electron chi connectivity index (χ3n) is 4.99. The summed E-state index contributed by atoms with van der Waals surface area (Å²) in [7, 11) is 0. The lowest BCUT2D eigenvalue weighted by molar-refractivity contribution is 0.0221. The molecule has 3 rings (SSSR count). The highest BCUT2D eigenvalue weighted by Crippen LogP contribution is 2.51. The maximum Gasteiger partial charge on any atom is 0.0406 e. The molecular weight excluding hydrogens is 242 g/mol. The standard InChI is InChI=1S/C16H22ClN/c17-14-6-4-13(5-7-14)12-18-15-8-11-16(15)9-2-1-3-10-16/h4-7,15,18H,1-3,8-12H2. The van der Waals surface area contributed by atoms with Crippen LogP contribution >= 0.6 is 11.6 Å². The average Bonchev–Trinajstić information content (AvgIpc) is 2.41. The zero-order chi connectivity index (χ0) is 12.4. The minimum absolute atomic E-state index is 0.657. The van der Waals surface area contributed by atoms with Crippen LogP contribution < -0.4 is 5.32 Å². The van der Waals surface area contributed by atoms with Gasteiger partial charge in [-0.3, -0.25) is 0 Å². The molecule has 1 nitrogen and oxygen atoms in total. The van der Waals surface area contributed by atoms with Crippen molar-refractivity contribution >= 4 is 11.6 Å². The van der Waals surface area contributed by atoms with Gasteiger partial charge in [-0.2, -0.15) is 0 Å². The minimum Gasteiger partial charge on any atom is -0.309 e. The Morgan fingerprint density at radius 3 is 2.39 bits per heavy atom. The van der Waals surface area contributed by atoms with Gasteiger partial charge in [0.1, 0.15) is 0 Å². The summed E-state index contributed by atoms with van der Waals surface area (Å²) in [4.78, 5) is 0. The monoisotopic (exact) mass is 263 g/mol. The van der Waals surface area contributed by atoms with Gasteiger partial charge < -0.3 is 5.32 Å². The van der Waals surface area contributed by atoms with Gasteiger partial charge in [0.15, 0.2) is 0 Å². The largest absolute Gasteiger partial charge is 0.309 e. The van der Waals surface area contributed by atoms with E-state index < -0.39 is 0 Å². The number of hydrogen-bond acceptors (Lipinski definition) is 1. The van der Waals surface area contributed by atoms with Gasteiger partial charge in [-0.15, -0.1) is 0 Å². The molecule has 0 saturated heterocycles. The summed E-state index contributed by atoms with van der Waals surface area (Å²) >= 11 is 5.91. The molecule has 2 fully saturated rings. The second-order valence-electron chi connectivity index (χ2n) is 6.02. The molecule has 1 aromatic carbocycles. The molecule has 0 amide bonds. The SMILES string of the molecule is Clc1ccc(CNC2CCC23CCCCC3)cc1. The summed E-state index contributed by atoms with van der Waals surface area (Å²) in [5.74, 6) is 0. The van der Waals surface area contributed by atoms with Crippen LogP contribution in [0, 0.1) is 5.41 Å². The number of benzene rings is 1. The Balaban J connectivity index is 1.55. The fourth-order valence-electron chi connectivity index (χ4n) is 3.71. The van der Waals surface area contributed by atoms with Gasteiger partial charge in [0.05, 0.1) is 0 Å². The van der Waals surface area contributed by atoms with Crippen molar-refractivity contribution in [3.63, 3.8) is 0 Å². The van der Waals surface area contributed by atoms with Crippen molar-refractivity contribution < 1.29 is 0 Å². The fraction of sp³-hybridized carbons (Fsp3) is 0.625. The second kappa shape index (κ2) is 5.22. The van der Waals surface area contributed by atoms with Gasteiger partial charge in [-0.1, -0.05) is 43.0 Å². The molecule has 2 aliphatic rings.